The highest BCUT2D eigenvalue weighted by Crippen LogP contribution is 2.10. The number of nitrogens with one attached hydrogen (secondary N) is 1. The second-order valence-electron chi connectivity index (χ2n) is 3.06. The summed E-state index contributed by atoms with van der Waals surface area (Å²) >= 11 is 0. The van der Waals surface area contributed by atoms with Gasteiger partial charge in [0.05, 0.1) is 12.1 Å². The van der Waals surface area contributed by atoms with Gasteiger partial charge >= 0.3 is 0 Å². The number of nitrogen functional groups attached to an aromatic ring is 1. The predicted molar refractivity (Wildman–Crippen MR) is 54.9 cm³/mol. The van der Waals surface area contributed by atoms with E-state index in [9.17, 15) is 9.59 Å². The van der Waals surface area contributed by atoms with Crippen LogP contribution in [0.25, 0.3) is 0 Å². The van der Waals surface area contributed by atoms with Crippen molar-refractivity contribution in [3.8, 4) is 0 Å². The standard InChI is InChI=1S/C9H12N4O2/c1-5-2-7(10)6(3-12-5)9(15)13-4-8(11)14/h2-3H,4H2,1H3,(H2,10,12)(H2,11,14)(H,13,15). The third kappa shape index (κ3) is 2.94. The van der Waals surface area contributed by atoms with Crippen LogP contribution in [0.15, 0.2) is 12.3 Å². The summed E-state index contributed by atoms with van der Waals surface area (Å²) in [7, 11) is 0. The Kier molecular flexibility index (Phi) is 3.22. The molecule has 1 aromatic rings. The number of amides is 2. The van der Waals surface area contributed by atoms with Crippen molar-refractivity contribution < 1.29 is 9.59 Å². The van der Waals surface area contributed by atoms with E-state index in [-0.39, 0.29) is 12.1 Å². The third-order valence-corrected chi connectivity index (χ3v) is 1.74. The topological polar surface area (TPSA) is 111 Å². The van der Waals surface area contributed by atoms with Gasteiger partial charge in [-0.25, -0.2) is 0 Å². The van der Waals surface area contributed by atoms with Crippen molar-refractivity contribution in [2.24, 2.45) is 5.73 Å². The van der Waals surface area contributed by atoms with Crippen LogP contribution < -0.4 is 16.8 Å². The van der Waals surface area contributed by atoms with E-state index in [4.69, 9.17) is 11.5 Å². The van der Waals surface area contributed by atoms with Gasteiger partial charge in [0.1, 0.15) is 0 Å². The number of hydrogen-bond acceptors (Lipinski definition) is 4. The lowest BCUT2D eigenvalue weighted by atomic mass is 10.2. The number of hydrogen-bond donors (Lipinski definition) is 3. The summed E-state index contributed by atoms with van der Waals surface area (Å²) in [5.41, 5.74) is 11.8. The zero-order valence-corrected chi connectivity index (χ0v) is 8.28. The fourth-order valence-electron chi connectivity index (χ4n) is 1.03. The van der Waals surface area contributed by atoms with Gasteiger partial charge in [0, 0.05) is 17.6 Å². The molecule has 2 amide bonds. The average molecular weight is 208 g/mol. The van der Waals surface area contributed by atoms with Crippen molar-refractivity contribution in [3.63, 3.8) is 0 Å². The summed E-state index contributed by atoms with van der Waals surface area (Å²) in [5.74, 6) is -1.07. The average Bonchev–Trinajstić information content (AvgIpc) is 2.14. The lowest BCUT2D eigenvalue weighted by molar-refractivity contribution is -0.117. The van der Waals surface area contributed by atoms with E-state index in [0.29, 0.717) is 5.69 Å². The summed E-state index contributed by atoms with van der Waals surface area (Å²) in [6, 6.07) is 1.58. The highest BCUT2D eigenvalue weighted by Gasteiger charge is 2.10. The molecule has 0 saturated carbocycles. The van der Waals surface area contributed by atoms with Gasteiger partial charge in [-0.3, -0.25) is 14.6 Å². The molecule has 80 valence electrons. The van der Waals surface area contributed by atoms with E-state index in [0.717, 1.165) is 5.69 Å². The Labute approximate surface area is 86.7 Å². The van der Waals surface area contributed by atoms with Crippen LogP contribution in [0.2, 0.25) is 0 Å². The second kappa shape index (κ2) is 4.41. The Morgan fingerprint density at radius 3 is 2.73 bits per heavy atom. The molecule has 15 heavy (non-hydrogen) atoms. The van der Waals surface area contributed by atoms with E-state index in [1.807, 2.05) is 0 Å². The molecule has 0 aliphatic heterocycles. The number of aromatic nitrogens is 1. The Morgan fingerprint density at radius 1 is 1.53 bits per heavy atom. The molecular formula is C9H12N4O2. The molecular weight excluding hydrogens is 196 g/mol. The minimum Gasteiger partial charge on any atom is -0.398 e. The van der Waals surface area contributed by atoms with Crippen LogP contribution in [0.4, 0.5) is 5.69 Å². The molecule has 0 unspecified atom stereocenters. The minimum absolute atomic E-state index is 0.216. The van der Waals surface area contributed by atoms with Gasteiger partial charge in [0.25, 0.3) is 5.91 Å². The number of carbonyl (C=O) groups excluding carboxylic acids is 2. The Balaban J connectivity index is 2.78. The van der Waals surface area contributed by atoms with E-state index < -0.39 is 11.8 Å². The van der Waals surface area contributed by atoms with E-state index in [1.54, 1.807) is 13.0 Å². The second-order valence-corrected chi connectivity index (χ2v) is 3.06. The maximum atomic E-state index is 11.4. The summed E-state index contributed by atoms with van der Waals surface area (Å²) in [4.78, 5) is 25.8. The predicted octanol–water partition coefficient (Wildman–Crippen LogP) is -0.813. The largest absolute Gasteiger partial charge is 0.398 e. The van der Waals surface area contributed by atoms with Gasteiger partial charge in [0.15, 0.2) is 0 Å². The molecule has 1 heterocycles. The number of anilines is 1. The first-order valence-electron chi connectivity index (χ1n) is 4.29. The van der Waals surface area contributed by atoms with Crippen molar-refractivity contribution in [2.75, 3.05) is 12.3 Å². The van der Waals surface area contributed by atoms with Crippen LogP contribution in [0.5, 0.6) is 0 Å². The van der Waals surface area contributed by atoms with E-state index in [2.05, 4.69) is 10.3 Å². The third-order valence-electron chi connectivity index (χ3n) is 1.74. The first kappa shape index (κ1) is 11.0. The van der Waals surface area contributed by atoms with Crippen LogP contribution in [0.3, 0.4) is 0 Å². The first-order chi connectivity index (χ1) is 7.00. The van der Waals surface area contributed by atoms with Gasteiger partial charge in [-0.05, 0) is 13.0 Å². The highest BCUT2D eigenvalue weighted by atomic mass is 16.2. The normalized spacial score (nSPS) is 9.67. The van der Waals surface area contributed by atoms with Gasteiger partial charge < -0.3 is 16.8 Å². The quantitative estimate of drug-likeness (QED) is 0.603. The molecule has 0 atom stereocenters. The molecule has 1 aromatic heterocycles. The molecule has 5 N–H and O–H groups in total. The number of nitrogens with zero attached hydrogens (tertiary/aromatic N) is 1. The fourth-order valence-corrected chi connectivity index (χ4v) is 1.03. The van der Waals surface area contributed by atoms with Gasteiger partial charge in [-0.2, -0.15) is 0 Å². The first-order valence-corrected chi connectivity index (χ1v) is 4.29. The van der Waals surface area contributed by atoms with Crippen LogP contribution >= 0.6 is 0 Å². The summed E-state index contributed by atoms with van der Waals surface area (Å²) in [6.45, 7) is 1.55. The summed E-state index contributed by atoms with van der Waals surface area (Å²) in [5, 5.41) is 2.33. The van der Waals surface area contributed by atoms with Crippen molar-refractivity contribution in [1.82, 2.24) is 10.3 Å². The number of rotatable bonds is 3. The van der Waals surface area contributed by atoms with Crippen molar-refractivity contribution >= 4 is 17.5 Å². The van der Waals surface area contributed by atoms with Crippen molar-refractivity contribution in [3.05, 3.63) is 23.5 Å². The van der Waals surface area contributed by atoms with E-state index in [1.165, 1.54) is 6.20 Å². The molecule has 0 aliphatic carbocycles. The molecule has 0 spiro atoms. The Morgan fingerprint density at radius 2 is 2.20 bits per heavy atom. The molecule has 0 aliphatic rings. The van der Waals surface area contributed by atoms with Crippen molar-refractivity contribution in [2.45, 2.75) is 6.92 Å². The number of pyridine rings is 1. The van der Waals surface area contributed by atoms with E-state index >= 15 is 0 Å². The molecule has 6 heteroatoms. The maximum absolute atomic E-state index is 11.4. The molecule has 6 nitrogen and oxygen atoms in total. The monoisotopic (exact) mass is 208 g/mol. The molecule has 0 fully saturated rings. The van der Waals surface area contributed by atoms with Crippen LogP contribution in [-0.4, -0.2) is 23.3 Å². The van der Waals surface area contributed by atoms with Gasteiger partial charge in [-0.15, -0.1) is 0 Å². The molecule has 0 aromatic carbocycles. The summed E-state index contributed by atoms with van der Waals surface area (Å²) in [6.07, 6.45) is 1.36. The van der Waals surface area contributed by atoms with Crippen molar-refractivity contribution in [1.29, 1.82) is 0 Å². The van der Waals surface area contributed by atoms with Crippen LogP contribution in [0.1, 0.15) is 16.1 Å². The molecule has 1 rings (SSSR count). The zero-order chi connectivity index (χ0) is 11.4. The van der Waals surface area contributed by atoms with Crippen LogP contribution in [0, 0.1) is 6.92 Å². The zero-order valence-electron chi connectivity index (χ0n) is 8.28. The number of carbonyl (C=O) groups is 2. The number of aryl methyl sites for hydroxylation is 1. The summed E-state index contributed by atoms with van der Waals surface area (Å²) < 4.78 is 0. The number of primary amides is 1. The Hall–Kier alpha value is -2.11. The highest BCUT2D eigenvalue weighted by molar-refractivity contribution is 6.00. The van der Waals surface area contributed by atoms with Gasteiger partial charge in [-0.1, -0.05) is 0 Å². The SMILES string of the molecule is Cc1cc(N)c(C(=O)NCC(N)=O)cn1. The molecule has 0 radical (unpaired) electrons. The maximum Gasteiger partial charge on any atom is 0.255 e. The Bertz CT molecular complexity index is 403. The van der Waals surface area contributed by atoms with Crippen LogP contribution in [-0.2, 0) is 4.79 Å². The van der Waals surface area contributed by atoms with Gasteiger partial charge in [0.2, 0.25) is 5.91 Å². The fraction of sp³-hybridized carbons (Fsp3) is 0.222. The number of nitrogens with two attached hydrogens (primary N) is 2. The lowest BCUT2D eigenvalue weighted by Crippen LogP contribution is -2.33. The lowest BCUT2D eigenvalue weighted by Gasteiger charge is -2.05. The molecule has 0 bridgehead atoms. The smallest absolute Gasteiger partial charge is 0.255 e. The molecule has 0 saturated heterocycles. The minimum atomic E-state index is -0.609.